The number of fused-ring (bicyclic) bond motifs is 2. The first-order valence-corrected chi connectivity index (χ1v) is 12.3. The van der Waals surface area contributed by atoms with Gasteiger partial charge in [0.25, 0.3) is 0 Å². The number of para-hydroxylation sites is 1. The molecular weight excluding hydrogens is 461 g/mol. The molecule has 1 aromatic heterocycles. The zero-order valence-corrected chi connectivity index (χ0v) is 20.5. The molecule has 3 aromatic carbocycles. The maximum atomic E-state index is 13.5. The van der Waals surface area contributed by atoms with Crippen LogP contribution in [0.1, 0.15) is 27.8 Å². The van der Waals surface area contributed by atoms with Crippen LogP contribution in [0, 0.1) is 26.6 Å². The fourth-order valence-electron chi connectivity index (χ4n) is 4.02. The van der Waals surface area contributed by atoms with Crippen molar-refractivity contribution in [2.75, 3.05) is 11.1 Å². The van der Waals surface area contributed by atoms with Gasteiger partial charge in [-0.1, -0.05) is 42.1 Å². The number of aryl methyl sites for hydroxylation is 2. The van der Waals surface area contributed by atoms with E-state index in [9.17, 15) is 9.18 Å². The van der Waals surface area contributed by atoms with Crippen LogP contribution in [-0.4, -0.2) is 21.6 Å². The van der Waals surface area contributed by atoms with E-state index in [2.05, 4.69) is 10.3 Å². The minimum Gasteiger partial charge on any atom is -0.438 e. The third-order valence-electron chi connectivity index (χ3n) is 6.11. The first kappa shape index (κ1) is 23.1. The van der Waals surface area contributed by atoms with Crippen molar-refractivity contribution in [1.82, 2.24) is 9.97 Å². The summed E-state index contributed by atoms with van der Waals surface area (Å²) in [6.45, 7) is 6.01. The van der Waals surface area contributed by atoms with Crippen molar-refractivity contribution < 1.29 is 13.9 Å². The van der Waals surface area contributed by atoms with Crippen LogP contribution in [-0.2, 0) is 11.2 Å². The zero-order chi connectivity index (χ0) is 24.5. The summed E-state index contributed by atoms with van der Waals surface area (Å²) in [6, 6.07) is 17.9. The summed E-state index contributed by atoms with van der Waals surface area (Å²) in [6.07, 6.45) is 0.608. The van der Waals surface area contributed by atoms with Gasteiger partial charge < -0.3 is 10.1 Å². The van der Waals surface area contributed by atoms with Gasteiger partial charge in [-0.3, -0.25) is 4.79 Å². The molecule has 5 rings (SSSR count). The van der Waals surface area contributed by atoms with E-state index in [0.717, 1.165) is 39.3 Å². The molecule has 1 N–H and O–H groups in total. The van der Waals surface area contributed by atoms with Gasteiger partial charge >= 0.3 is 0 Å². The summed E-state index contributed by atoms with van der Waals surface area (Å²) in [7, 11) is 0. The van der Waals surface area contributed by atoms with Gasteiger partial charge in [-0.25, -0.2) is 9.37 Å². The summed E-state index contributed by atoms with van der Waals surface area (Å²) in [5.41, 5.74) is 6.57. The maximum Gasteiger partial charge on any atom is 0.234 e. The third-order valence-corrected chi connectivity index (χ3v) is 7.13. The Morgan fingerprint density at radius 1 is 1.00 bits per heavy atom. The van der Waals surface area contributed by atoms with Gasteiger partial charge in [-0.05, 0) is 73.4 Å². The average Bonchev–Trinajstić information content (AvgIpc) is 2.85. The number of rotatable bonds is 5. The molecule has 4 aromatic rings. The first-order chi connectivity index (χ1) is 16.9. The van der Waals surface area contributed by atoms with Crippen molar-refractivity contribution in [3.63, 3.8) is 0 Å². The molecule has 0 spiro atoms. The Labute approximate surface area is 207 Å². The Morgan fingerprint density at radius 2 is 1.74 bits per heavy atom. The monoisotopic (exact) mass is 485 g/mol. The Kier molecular flexibility index (Phi) is 6.26. The lowest BCUT2D eigenvalue weighted by molar-refractivity contribution is -0.113. The van der Waals surface area contributed by atoms with E-state index in [1.807, 2.05) is 57.2 Å². The van der Waals surface area contributed by atoms with Crippen molar-refractivity contribution in [2.45, 2.75) is 32.2 Å². The predicted molar refractivity (Wildman–Crippen MR) is 137 cm³/mol. The van der Waals surface area contributed by atoms with Crippen LogP contribution in [0.3, 0.4) is 0 Å². The topological polar surface area (TPSA) is 64.1 Å². The van der Waals surface area contributed by atoms with Gasteiger partial charge in [-0.15, -0.1) is 0 Å². The van der Waals surface area contributed by atoms with E-state index in [1.54, 1.807) is 12.1 Å². The number of halogens is 1. The molecule has 35 heavy (non-hydrogen) atoms. The lowest BCUT2D eigenvalue weighted by Gasteiger charge is -2.23. The highest BCUT2D eigenvalue weighted by Crippen LogP contribution is 2.41. The van der Waals surface area contributed by atoms with Crippen LogP contribution in [0.15, 0.2) is 65.7 Å². The number of aromatic nitrogens is 2. The van der Waals surface area contributed by atoms with E-state index >= 15 is 0 Å². The number of nitrogens with one attached hydrogen (secondary N) is 1. The van der Waals surface area contributed by atoms with E-state index in [1.165, 1.54) is 23.9 Å². The Morgan fingerprint density at radius 3 is 2.54 bits per heavy atom. The summed E-state index contributed by atoms with van der Waals surface area (Å²) >= 11 is 1.35. The fraction of sp³-hybridized carbons (Fsp3) is 0.179. The number of hydrogen-bond acceptors (Lipinski definition) is 5. The minimum atomic E-state index is -0.328. The summed E-state index contributed by atoms with van der Waals surface area (Å²) in [5.74, 6) is 1.43. The van der Waals surface area contributed by atoms with Crippen molar-refractivity contribution in [3.05, 3.63) is 94.3 Å². The van der Waals surface area contributed by atoms with Gasteiger partial charge in [0, 0.05) is 17.7 Å². The smallest absolute Gasteiger partial charge is 0.234 e. The number of hydrogen-bond donors (Lipinski definition) is 1. The highest BCUT2D eigenvalue weighted by atomic mass is 32.2. The van der Waals surface area contributed by atoms with Crippen molar-refractivity contribution in [3.8, 4) is 23.0 Å². The van der Waals surface area contributed by atoms with Gasteiger partial charge in [0.05, 0.1) is 11.3 Å². The second kappa shape index (κ2) is 9.50. The lowest BCUT2D eigenvalue weighted by Crippen LogP contribution is -2.16. The van der Waals surface area contributed by atoms with E-state index in [4.69, 9.17) is 9.72 Å². The predicted octanol–water partition coefficient (Wildman–Crippen LogP) is 6.64. The summed E-state index contributed by atoms with van der Waals surface area (Å²) < 4.78 is 19.7. The molecule has 0 unspecified atom stereocenters. The molecule has 7 heteroatoms. The van der Waals surface area contributed by atoms with Crippen LogP contribution in [0.2, 0.25) is 0 Å². The number of anilines is 1. The maximum absolute atomic E-state index is 13.5. The van der Waals surface area contributed by atoms with Crippen LogP contribution in [0.25, 0.3) is 11.4 Å². The number of nitrogens with zero attached hydrogens (tertiary/aromatic N) is 2. The molecule has 2 heterocycles. The number of amides is 1. The standard InChI is InChI=1S/C28H24FN3O2S/c1-16-6-5-9-23(18(16)3)30-24(33)15-35-28-22-14-20-8-4-7-17(2)25(20)34-27(22)31-26(32-28)19-10-12-21(29)13-11-19/h4-13H,14-15H2,1-3H3,(H,30,33). The fourth-order valence-corrected chi connectivity index (χ4v) is 4.84. The molecule has 1 amide bonds. The molecule has 176 valence electrons. The second-order valence-corrected chi connectivity index (χ2v) is 9.53. The van der Waals surface area contributed by atoms with E-state index in [0.29, 0.717) is 28.7 Å². The third kappa shape index (κ3) is 4.77. The van der Waals surface area contributed by atoms with Gasteiger partial charge in [0.1, 0.15) is 16.6 Å². The molecule has 0 saturated heterocycles. The number of carbonyl (C=O) groups is 1. The highest BCUT2D eigenvalue weighted by molar-refractivity contribution is 8.00. The van der Waals surface area contributed by atoms with Crippen LogP contribution in [0.4, 0.5) is 10.1 Å². The molecule has 0 atom stereocenters. The molecule has 0 fully saturated rings. The Hall–Kier alpha value is -3.71. The average molecular weight is 486 g/mol. The van der Waals surface area contributed by atoms with Gasteiger partial charge in [0.15, 0.2) is 5.82 Å². The number of carbonyl (C=O) groups excluding carboxylic acids is 1. The molecule has 5 nitrogen and oxygen atoms in total. The largest absolute Gasteiger partial charge is 0.438 e. The van der Waals surface area contributed by atoms with Crippen LogP contribution in [0.5, 0.6) is 11.6 Å². The van der Waals surface area contributed by atoms with Crippen molar-refractivity contribution >= 4 is 23.4 Å². The quantitative estimate of drug-likeness (QED) is 0.223. The van der Waals surface area contributed by atoms with Crippen LogP contribution >= 0.6 is 11.8 Å². The molecule has 0 aliphatic carbocycles. The number of thioether (sulfide) groups is 1. The molecule has 0 bridgehead atoms. The molecule has 1 aliphatic rings. The van der Waals surface area contributed by atoms with Crippen molar-refractivity contribution in [2.24, 2.45) is 0 Å². The van der Waals surface area contributed by atoms with Crippen LogP contribution < -0.4 is 10.1 Å². The van der Waals surface area contributed by atoms with Gasteiger partial charge in [0.2, 0.25) is 11.8 Å². The molecule has 0 radical (unpaired) electrons. The van der Waals surface area contributed by atoms with E-state index in [-0.39, 0.29) is 17.5 Å². The second-order valence-electron chi connectivity index (χ2n) is 8.57. The molecular formula is C28H24FN3O2S. The highest BCUT2D eigenvalue weighted by Gasteiger charge is 2.25. The molecule has 1 aliphatic heterocycles. The van der Waals surface area contributed by atoms with Crippen molar-refractivity contribution in [1.29, 1.82) is 0 Å². The minimum absolute atomic E-state index is 0.118. The van der Waals surface area contributed by atoms with Gasteiger partial charge in [-0.2, -0.15) is 4.98 Å². The first-order valence-electron chi connectivity index (χ1n) is 11.3. The molecule has 0 saturated carbocycles. The number of ether oxygens (including phenoxy) is 1. The lowest BCUT2D eigenvalue weighted by atomic mass is 10.0. The summed E-state index contributed by atoms with van der Waals surface area (Å²) in [5, 5.41) is 3.68. The Balaban J connectivity index is 1.46. The normalized spacial score (nSPS) is 11.9. The summed E-state index contributed by atoms with van der Waals surface area (Å²) in [4.78, 5) is 22.2. The Bertz CT molecular complexity index is 1440. The van der Waals surface area contributed by atoms with E-state index < -0.39 is 0 Å². The SMILES string of the molecule is Cc1cccc(NC(=O)CSc2nc(-c3ccc(F)cc3)nc3c2Cc2cccc(C)c2O3)c1C. The zero-order valence-electron chi connectivity index (χ0n) is 19.7. The number of benzene rings is 3.